The van der Waals surface area contributed by atoms with E-state index in [1.54, 1.807) is 0 Å². The van der Waals surface area contributed by atoms with Crippen LogP contribution in [0.3, 0.4) is 0 Å². The van der Waals surface area contributed by atoms with Crippen molar-refractivity contribution in [3.63, 3.8) is 0 Å². The molecule has 7 nitrogen and oxygen atoms in total. The second-order valence-corrected chi connectivity index (χ2v) is 6.11. The molecule has 1 unspecified atom stereocenters. The second-order valence-electron chi connectivity index (χ2n) is 6.11. The topological polar surface area (TPSA) is 100 Å². The van der Waals surface area contributed by atoms with Gasteiger partial charge < -0.3 is 25.9 Å². The molecule has 0 saturated carbocycles. The fourth-order valence-electron chi connectivity index (χ4n) is 3.03. The molecule has 0 spiro atoms. The number of carbonyl (C=O) groups excluding carboxylic acids is 1. The first-order valence-corrected chi connectivity index (χ1v) is 7.65. The van der Waals surface area contributed by atoms with Crippen molar-refractivity contribution in [1.82, 2.24) is 10.2 Å². The van der Waals surface area contributed by atoms with Crippen molar-refractivity contribution in [3.05, 3.63) is 0 Å². The Morgan fingerprint density at radius 2 is 2.19 bits per heavy atom. The summed E-state index contributed by atoms with van der Waals surface area (Å²) in [7, 11) is 2.02. The summed E-state index contributed by atoms with van der Waals surface area (Å²) in [5, 5.41) is 15.2. The molecule has 2 aliphatic heterocycles. The Hall–Kier alpha value is -1.34. The Balaban J connectivity index is 1.96. The van der Waals surface area contributed by atoms with Gasteiger partial charge in [-0.2, -0.15) is 0 Å². The summed E-state index contributed by atoms with van der Waals surface area (Å²) in [4.78, 5) is 14.5. The zero-order valence-electron chi connectivity index (χ0n) is 12.7. The summed E-state index contributed by atoms with van der Waals surface area (Å²) in [5.74, 6) is 0.00608. The van der Waals surface area contributed by atoms with E-state index in [1.165, 1.54) is 0 Å². The largest absolute Gasteiger partial charge is 0.409 e. The van der Waals surface area contributed by atoms with Crippen molar-refractivity contribution in [3.8, 4) is 0 Å². The van der Waals surface area contributed by atoms with Crippen LogP contribution < -0.4 is 11.1 Å². The lowest BCUT2D eigenvalue weighted by atomic mass is 9.86. The summed E-state index contributed by atoms with van der Waals surface area (Å²) in [6.07, 6.45) is 4.73. The van der Waals surface area contributed by atoms with Gasteiger partial charge in [-0.3, -0.25) is 4.79 Å². The number of piperidine rings is 1. The van der Waals surface area contributed by atoms with Crippen molar-refractivity contribution in [2.75, 3.05) is 26.7 Å². The van der Waals surface area contributed by atoms with E-state index >= 15 is 0 Å². The summed E-state index contributed by atoms with van der Waals surface area (Å²) in [6.45, 7) is 2.33. The van der Waals surface area contributed by atoms with Gasteiger partial charge in [-0.25, -0.2) is 0 Å². The Bertz CT molecular complexity index is 386. The zero-order chi connectivity index (χ0) is 15.3. The fourth-order valence-corrected chi connectivity index (χ4v) is 3.03. The number of ether oxygens (including phenoxy) is 1. The quantitative estimate of drug-likeness (QED) is 0.299. The molecule has 2 rings (SSSR count). The van der Waals surface area contributed by atoms with E-state index in [1.807, 2.05) is 7.05 Å². The van der Waals surface area contributed by atoms with Crippen LogP contribution in [0.5, 0.6) is 0 Å². The van der Waals surface area contributed by atoms with Crippen LogP contribution in [-0.2, 0) is 9.53 Å². The summed E-state index contributed by atoms with van der Waals surface area (Å²) < 4.78 is 5.59. The van der Waals surface area contributed by atoms with Gasteiger partial charge in [-0.05, 0) is 39.2 Å². The van der Waals surface area contributed by atoms with E-state index in [2.05, 4.69) is 15.4 Å². The minimum atomic E-state index is -0.729. The van der Waals surface area contributed by atoms with Crippen LogP contribution in [0.25, 0.3) is 0 Å². The fraction of sp³-hybridized carbons (Fsp3) is 0.857. The highest BCUT2D eigenvalue weighted by Gasteiger charge is 2.39. The smallest absolute Gasteiger partial charge is 0.223 e. The van der Waals surface area contributed by atoms with E-state index in [9.17, 15) is 4.79 Å². The van der Waals surface area contributed by atoms with Crippen LogP contribution in [0.1, 0.15) is 38.5 Å². The Kier molecular flexibility index (Phi) is 5.41. The lowest BCUT2D eigenvalue weighted by Gasteiger charge is -2.40. The van der Waals surface area contributed by atoms with Gasteiger partial charge in [0.25, 0.3) is 0 Å². The number of carbonyl (C=O) groups is 1. The average Bonchev–Trinajstić information content (AvgIpc) is 2.50. The van der Waals surface area contributed by atoms with Gasteiger partial charge in [0.2, 0.25) is 5.91 Å². The van der Waals surface area contributed by atoms with Crippen molar-refractivity contribution in [2.24, 2.45) is 10.9 Å². The third-order valence-corrected chi connectivity index (χ3v) is 4.50. The molecule has 2 fully saturated rings. The first-order valence-electron chi connectivity index (χ1n) is 7.65. The second kappa shape index (κ2) is 7.09. The molecular formula is C14H26N4O3. The SMILES string of the molecule is CN1CCC(NC(=O)CC2CCCCO2)(C(N)=NO)CC1. The Labute approximate surface area is 125 Å². The molecule has 0 aromatic carbocycles. The monoisotopic (exact) mass is 298 g/mol. The predicted molar refractivity (Wildman–Crippen MR) is 79.2 cm³/mol. The molecule has 2 aliphatic rings. The molecule has 0 bridgehead atoms. The molecule has 0 aliphatic carbocycles. The molecule has 120 valence electrons. The normalized spacial score (nSPS) is 27.3. The van der Waals surface area contributed by atoms with E-state index in [4.69, 9.17) is 15.7 Å². The third kappa shape index (κ3) is 4.07. The number of hydrogen-bond donors (Lipinski definition) is 3. The van der Waals surface area contributed by atoms with Crippen LogP contribution in [0.4, 0.5) is 0 Å². The number of likely N-dealkylation sites (tertiary alicyclic amines) is 1. The average molecular weight is 298 g/mol. The highest BCUT2D eigenvalue weighted by Crippen LogP contribution is 2.23. The standard InChI is InChI=1S/C14H26N4O3/c1-18-7-5-14(6-8-18,13(15)17-20)16-12(19)10-11-4-2-3-9-21-11/h11,20H,2-10H2,1H3,(H2,15,17)(H,16,19). The lowest BCUT2D eigenvalue weighted by molar-refractivity contribution is -0.126. The number of amides is 1. The van der Waals surface area contributed by atoms with Crippen molar-refractivity contribution in [1.29, 1.82) is 0 Å². The number of oxime groups is 1. The van der Waals surface area contributed by atoms with Crippen LogP contribution in [-0.4, -0.2) is 60.2 Å². The lowest BCUT2D eigenvalue weighted by Crippen LogP contribution is -2.62. The summed E-state index contributed by atoms with van der Waals surface area (Å²) >= 11 is 0. The molecule has 7 heteroatoms. The van der Waals surface area contributed by atoms with E-state index in [-0.39, 0.29) is 17.8 Å². The zero-order valence-corrected chi connectivity index (χ0v) is 12.7. The number of hydrogen-bond acceptors (Lipinski definition) is 5. The number of rotatable bonds is 4. The molecule has 4 N–H and O–H groups in total. The van der Waals surface area contributed by atoms with E-state index < -0.39 is 5.54 Å². The highest BCUT2D eigenvalue weighted by molar-refractivity contribution is 5.94. The first-order chi connectivity index (χ1) is 10.1. The predicted octanol–water partition coefficient (Wildman–Crippen LogP) is 0.273. The van der Waals surface area contributed by atoms with Gasteiger partial charge in [-0.15, -0.1) is 0 Å². The van der Waals surface area contributed by atoms with Gasteiger partial charge >= 0.3 is 0 Å². The molecule has 1 amide bonds. The van der Waals surface area contributed by atoms with Crippen LogP contribution in [0.15, 0.2) is 5.16 Å². The van der Waals surface area contributed by atoms with Gasteiger partial charge in [0.15, 0.2) is 5.84 Å². The molecular weight excluding hydrogens is 272 g/mol. The van der Waals surface area contributed by atoms with Gasteiger partial charge in [0.1, 0.15) is 5.54 Å². The van der Waals surface area contributed by atoms with E-state index in [0.717, 1.165) is 39.0 Å². The number of nitrogens with two attached hydrogens (primary N) is 1. The molecule has 0 aromatic heterocycles. The van der Waals surface area contributed by atoms with Crippen molar-refractivity contribution >= 4 is 11.7 Å². The molecule has 0 radical (unpaired) electrons. The number of nitrogens with one attached hydrogen (secondary N) is 1. The summed E-state index contributed by atoms with van der Waals surface area (Å²) in [6, 6.07) is 0. The van der Waals surface area contributed by atoms with Crippen molar-refractivity contribution in [2.45, 2.75) is 50.2 Å². The third-order valence-electron chi connectivity index (χ3n) is 4.50. The molecule has 1 atom stereocenters. The molecule has 2 saturated heterocycles. The van der Waals surface area contributed by atoms with E-state index in [0.29, 0.717) is 19.3 Å². The van der Waals surface area contributed by atoms with Crippen LogP contribution >= 0.6 is 0 Å². The maximum Gasteiger partial charge on any atom is 0.223 e. The minimum Gasteiger partial charge on any atom is -0.409 e. The highest BCUT2D eigenvalue weighted by atomic mass is 16.5. The maximum absolute atomic E-state index is 12.3. The number of amidine groups is 1. The van der Waals surface area contributed by atoms with Gasteiger partial charge in [-0.1, -0.05) is 5.16 Å². The molecule has 2 heterocycles. The summed E-state index contributed by atoms with van der Waals surface area (Å²) in [5.41, 5.74) is 5.12. The molecule has 21 heavy (non-hydrogen) atoms. The molecule has 0 aromatic rings. The van der Waals surface area contributed by atoms with Crippen LogP contribution in [0.2, 0.25) is 0 Å². The van der Waals surface area contributed by atoms with Gasteiger partial charge in [0.05, 0.1) is 12.5 Å². The maximum atomic E-state index is 12.3. The van der Waals surface area contributed by atoms with Crippen molar-refractivity contribution < 1.29 is 14.7 Å². The minimum absolute atomic E-state index is 0.00523. The Morgan fingerprint density at radius 1 is 1.48 bits per heavy atom. The van der Waals surface area contributed by atoms with Crippen LogP contribution in [0, 0.1) is 0 Å². The number of nitrogens with zero attached hydrogens (tertiary/aromatic N) is 2. The first kappa shape index (κ1) is 16.0. The van der Waals surface area contributed by atoms with Gasteiger partial charge in [0, 0.05) is 19.7 Å². The Morgan fingerprint density at radius 3 is 2.76 bits per heavy atom.